The summed E-state index contributed by atoms with van der Waals surface area (Å²) in [5.41, 5.74) is 2.57. The maximum absolute atomic E-state index is 12.9. The van der Waals surface area contributed by atoms with E-state index in [9.17, 15) is 14.4 Å². The van der Waals surface area contributed by atoms with E-state index >= 15 is 0 Å². The van der Waals surface area contributed by atoms with Crippen LogP contribution in [0.5, 0.6) is 0 Å². The van der Waals surface area contributed by atoms with Gasteiger partial charge < -0.3 is 10.6 Å². The number of aryl methyl sites for hydroxylation is 1. The lowest BCUT2D eigenvalue weighted by atomic mass is 10.1. The fraction of sp³-hybridized carbons (Fsp3) is 0.0417. The number of anilines is 3. The third-order valence-electron chi connectivity index (χ3n) is 4.98. The molecule has 0 radical (unpaired) electrons. The fourth-order valence-corrected chi connectivity index (χ4v) is 3.78. The van der Waals surface area contributed by atoms with Crippen molar-refractivity contribution in [1.29, 1.82) is 0 Å². The molecule has 0 aliphatic carbocycles. The molecule has 9 heteroatoms. The van der Waals surface area contributed by atoms with Crippen LogP contribution in [0, 0.1) is 6.92 Å². The van der Waals surface area contributed by atoms with Gasteiger partial charge in [0.1, 0.15) is 10.7 Å². The minimum atomic E-state index is -0.601. The molecular weight excluding hydrogens is 485 g/mol. The molecule has 1 aliphatic heterocycles. The van der Waals surface area contributed by atoms with Crippen LogP contribution in [0.3, 0.4) is 0 Å². The number of benzene rings is 3. The van der Waals surface area contributed by atoms with Crippen molar-refractivity contribution < 1.29 is 14.4 Å². The average molecular weight is 501 g/mol. The Bertz CT molecular complexity index is 1320. The van der Waals surface area contributed by atoms with Gasteiger partial charge in [0.05, 0.1) is 15.7 Å². The predicted octanol–water partition coefficient (Wildman–Crippen LogP) is 5.99. The van der Waals surface area contributed by atoms with E-state index in [0.29, 0.717) is 32.7 Å². The number of carbonyl (C=O) groups is 3. The van der Waals surface area contributed by atoms with Crippen molar-refractivity contribution in [3.8, 4) is 0 Å². The Hall–Kier alpha value is -3.32. The third-order valence-corrected chi connectivity index (χ3v) is 6.07. The molecule has 0 spiro atoms. The first-order valence-electron chi connectivity index (χ1n) is 9.74. The summed E-state index contributed by atoms with van der Waals surface area (Å²) in [7, 11) is 0. The lowest BCUT2D eigenvalue weighted by molar-refractivity contribution is -0.120. The number of amides is 3. The zero-order valence-electron chi connectivity index (χ0n) is 17.2. The average Bonchev–Trinajstić information content (AvgIpc) is 3.00. The molecule has 0 atom stereocenters. The number of hydrogen-bond donors (Lipinski definition) is 2. The largest absolute Gasteiger partial charge is 0.350 e. The molecule has 3 aromatic carbocycles. The molecule has 3 aromatic rings. The maximum Gasteiger partial charge on any atom is 0.283 e. The summed E-state index contributed by atoms with van der Waals surface area (Å²) in [6.45, 7) is 1.80. The summed E-state index contributed by atoms with van der Waals surface area (Å²) in [5.74, 6) is -1.51. The second-order valence-electron chi connectivity index (χ2n) is 7.21. The van der Waals surface area contributed by atoms with E-state index in [-0.39, 0.29) is 16.6 Å². The van der Waals surface area contributed by atoms with E-state index in [1.54, 1.807) is 67.6 Å². The number of carbonyl (C=O) groups excluding carboxylic acids is 3. The summed E-state index contributed by atoms with van der Waals surface area (Å²) in [4.78, 5) is 39.1. The van der Waals surface area contributed by atoms with E-state index in [0.717, 1.165) is 10.5 Å². The molecule has 2 N–H and O–H groups in total. The predicted molar refractivity (Wildman–Crippen MR) is 131 cm³/mol. The fourth-order valence-electron chi connectivity index (χ4n) is 3.27. The maximum atomic E-state index is 12.9. The van der Waals surface area contributed by atoms with Crippen LogP contribution in [0.1, 0.15) is 15.9 Å². The number of para-hydroxylation sites is 1. The molecule has 0 saturated carbocycles. The first kappa shape index (κ1) is 22.9. The van der Waals surface area contributed by atoms with Crippen LogP contribution in [0.2, 0.25) is 10.0 Å². The number of rotatable bonds is 5. The topological polar surface area (TPSA) is 78.5 Å². The van der Waals surface area contributed by atoms with Gasteiger partial charge in [0.25, 0.3) is 17.7 Å². The highest BCUT2D eigenvalue weighted by Crippen LogP contribution is 2.32. The normalized spacial score (nSPS) is 13.5. The van der Waals surface area contributed by atoms with Crippen LogP contribution in [0.4, 0.5) is 17.1 Å². The highest BCUT2D eigenvalue weighted by molar-refractivity contribution is 6.53. The molecule has 1 aliphatic rings. The molecule has 1 heterocycles. The van der Waals surface area contributed by atoms with Gasteiger partial charge in [0.15, 0.2) is 0 Å². The third kappa shape index (κ3) is 4.59. The Labute approximate surface area is 204 Å². The second kappa shape index (κ2) is 9.27. The van der Waals surface area contributed by atoms with Crippen molar-refractivity contribution in [3.63, 3.8) is 0 Å². The first-order chi connectivity index (χ1) is 15.8. The van der Waals surface area contributed by atoms with Crippen molar-refractivity contribution >= 4 is 69.6 Å². The molecule has 33 heavy (non-hydrogen) atoms. The Morgan fingerprint density at radius 1 is 0.818 bits per heavy atom. The van der Waals surface area contributed by atoms with E-state index in [2.05, 4.69) is 10.6 Å². The van der Waals surface area contributed by atoms with E-state index in [1.165, 1.54) is 0 Å². The van der Waals surface area contributed by atoms with Gasteiger partial charge >= 0.3 is 0 Å². The molecular formula is C24H16Cl3N3O3. The number of halogens is 3. The van der Waals surface area contributed by atoms with Gasteiger partial charge in [0.2, 0.25) is 0 Å². The van der Waals surface area contributed by atoms with Crippen LogP contribution in [-0.4, -0.2) is 17.7 Å². The second-order valence-corrected chi connectivity index (χ2v) is 8.40. The van der Waals surface area contributed by atoms with Crippen molar-refractivity contribution in [3.05, 3.63) is 98.6 Å². The summed E-state index contributed by atoms with van der Waals surface area (Å²) >= 11 is 18.1. The lowest BCUT2D eigenvalue weighted by Gasteiger charge is -2.17. The quantitative estimate of drug-likeness (QED) is 0.422. The van der Waals surface area contributed by atoms with Gasteiger partial charge in [-0.25, -0.2) is 4.90 Å². The molecule has 0 saturated heterocycles. The molecule has 0 fully saturated rings. The SMILES string of the molecule is Cc1ccccc1N1C(=O)C(Cl)=C(Nc2ccc(C(=O)Nc3ccc(Cl)c(Cl)c3)cc2)C1=O. The van der Waals surface area contributed by atoms with Crippen molar-refractivity contribution in [2.45, 2.75) is 6.92 Å². The first-order valence-corrected chi connectivity index (χ1v) is 10.9. The molecule has 3 amide bonds. The van der Waals surface area contributed by atoms with Gasteiger partial charge in [-0.05, 0) is 61.0 Å². The molecule has 0 bridgehead atoms. The van der Waals surface area contributed by atoms with Crippen LogP contribution in [0.25, 0.3) is 0 Å². The van der Waals surface area contributed by atoms with E-state index in [4.69, 9.17) is 34.8 Å². The minimum absolute atomic E-state index is 0.0297. The van der Waals surface area contributed by atoms with Crippen molar-refractivity contribution in [2.24, 2.45) is 0 Å². The number of imide groups is 1. The number of hydrogen-bond acceptors (Lipinski definition) is 4. The van der Waals surface area contributed by atoms with Gasteiger partial charge in [0, 0.05) is 16.9 Å². The zero-order chi connectivity index (χ0) is 23.7. The van der Waals surface area contributed by atoms with Crippen LogP contribution >= 0.6 is 34.8 Å². The van der Waals surface area contributed by atoms with Crippen LogP contribution in [-0.2, 0) is 9.59 Å². The zero-order valence-corrected chi connectivity index (χ0v) is 19.4. The summed E-state index contributed by atoms with van der Waals surface area (Å²) in [5, 5.41) is 6.13. The Morgan fingerprint density at radius 3 is 2.15 bits per heavy atom. The Kier molecular flexibility index (Phi) is 6.42. The standard InChI is InChI=1S/C24H16Cl3N3O3/c1-13-4-2-3-5-19(13)30-23(32)20(27)21(24(30)33)28-15-8-6-14(7-9-15)22(31)29-16-10-11-17(25)18(26)12-16/h2-12,28H,1H3,(H,29,31). The van der Waals surface area contributed by atoms with Crippen molar-refractivity contribution in [1.82, 2.24) is 0 Å². The molecule has 166 valence electrons. The smallest absolute Gasteiger partial charge is 0.283 e. The van der Waals surface area contributed by atoms with Gasteiger partial charge in [-0.3, -0.25) is 14.4 Å². The number of nitrogens with one attached hydrogen (secondary N) is 2. The molecule has 0 unspecified atom stereocenters. The van der Waals surface area contributed by atoms with Gasteiger partial charge in [-0.2, -0.15) is 0 Å². The monoisotopic (exact) mass is 499 g/mol. The summed E-state index contributed by atoms with van der Waals surface area (Å²) in [6.07, 6.45) is 0. The van der Waals surface area contributed by atoms with Gasteiger partial charge in [-0.1, -0.05) is 53.0 Å². The van der Waals surface area contributed by atoms with Crippen LogP contribution in [0.15, 0.2) is 77.5 Å². The highest BCUT2D eigenvalue weighted by atomic mass is 35.5. The molecule has 4 rings (SSSR count). The van der Waals surface area contributed by atoms with Crippen molar-refractivity contribution in [2.75, 3.05) is 15.5 Å². The summed E-state index contributed by atoms with van der Waals surface area (Å²) < 4.78 is 0. The van der Waals surface area contributed by atoms with Crippen LogP contribution < -0.4 is 15.5 Å². The van der Waals surface area contributed by atoms with E-state index in [1.807, 2.05) is 6.07 Å². The highest BCUT2D eigenvalue weighted by Gasteiger charge is 2.39. The van der Waals surface area contributed by atoms with E-state index < -0.39 is 11.8 Å². The minimum Gasteiger partial charge on any atom is -0.350 e. The Balaban J connectivity index is 1.49. The Morgan fingerprint density at radius 2 is 1.48 bits per heavy atom. The summed E-state index contributed by atoms with van der Waals surface area (Å²) in [6, 6.07) is 18.2. The lowest BCUT2D eigenvalue weighted by Crippen LogP contribution is -2.32. The molecule has 0 aromatic heterocycles. The molecule has 6 nitrogen and oxygen atoms in total. The van der Waals surface area contributed by atoms with Gasteiger partial charge in [-0.15, -0.1) is 0 Å². The number of nitrogens with zero attached hydrogens (tertiary/aromatic N) is 1.